The highest BCUT2D eigenvalue weighted by Crippen LogP contribution is 2.45. The number of carbonyl (C=O) groups excluding carboxylic acids is 1. The summed E-state index contributed by atoms with van der Waals surface area (Å²) in [6.07, 6.45) is 2.77. The molecule has 5 nitrogen and oxygen atoms in total. The number of nitriles is 1. The molecule has 0 radical (unpaired) electrons. The molecule has 0 saturated heterocycles. The Bertz CT molecular complexity index is 431. The standard InChI is InChI=1S/C11H12N4O/c1-8-5-11(6-8,7-12)10(16)14-9-3-2-4-13-15-9/h2-4,8H,5-6H2,1H3,(H,14,15,16). The van der Waals surface area contributed by atoms with Crippen molar-refractivity contribution in [3.05, 3.63) is 18.3 Å². The number of amides is 1. The number of hydrogen-bond acceptors (Lipinski definition) is 4. The first-order chi connectivity index (χ1) is 7.66. The van der Waals surface area contributed by atoms with Crippen LogP contribution in [0.2, 0.25) is 0 Å². The Morgan fingerprint density at radius 2 is 2.44 bits per heavy atom. The van der Waals surface area contributed by atoms with Gasteiger partial charge in [-0.25, -0.2) is 0 Å². The molecule has 5 heteroatoms. The van der Waals surface area contributed by atoms with Crippen LogP contribution in [-0.2, 0) is 4.79 Å². The minimum atomic E-state index is -0.864. The van der Waals surface area contributed by atoms with E-state index in [9.17, 15) is 4.79 Å². The second-order valence-corrected chi connectivity index (χ2v) is 4.27. The third kappa shape index (κ3) is 1.74. The summed E-state index contributed by atoms with van der Waals surface area (Å²) in [7, 11) is 0. The number of aromatic nitrogens is 2. The van der Waals surface area contributed by atoms with Crippen molar-refractivity contribution in [1.82, 2.24) is 10.2 Å². The van der Waals surface area contributed by atoms with E-state index in [1.165, 1.54) is 6.20 Å². The van der Waals surface area contributed by atoms with Crippen molar-refractivity contribution in [2.75, 3.05) is 5.32 Å². The van der Waals surface area contributed by atoms with Crippen LogP contribution in [0.15, 0.2) is 18.3 Å². The highest BCUT2D eigenvalue weighted by atomic mass is 16.2. The summed E-state index contributed by atoms with van der Waals surface area (Å²) in [5.74, 6) is 0.558. The Morgan fingerprint density at radius 3 is 2.94 bits per heavy atom. The fourth-order valence-corrected chi connectivity index (χ4v) is 2.06. The molecule has 0 spiro atoms. The molecule has 0 aromatic carbocycles. The molecule has 1 amide bonds. The van der Waals surface area contributed by atoms with Gasteiger partial charge in [-0.15, -0.1) is 5.10 Å². The van der Waals surface area contributed by atoms with Crippen molar-refractivity contribution in [3.8, 4) is 6.07 Å². The fraction of sp³-hybridized carbons (Fsp3) is 0.455. The van der Waals surface area contributed by atoms with Gasteiger partial charge in [0.15, 0.2) is 5.82 Å². The maximum atomic E-state index is 11.9. The Morgan fingerprint density at radius 1 is 1.69 bits per heavy atom. The molecule has 1 saturated carbocycles. The number of nitrogens with one attached hydrogen (secondary N) is 1. The van der Waals surface area contributed by atoms with Gasteiger partial charge in [-0.1, -0.05) is 6.92 Å². The van der Waals surface area contributed by atoms with Crippen LogP contribution in [0.3, 0.4) is 0 Å². The molecule has 16 heavy (non-hydrogen) atoms. The number of nitrogens with zero attached hydrogens (tertiary/aromatic N) is 3. The van der Waals surface area contributed by atoms with Crippen LogP contribution >= 0.6 is 0 Å². The van der Waals surface area contributed by atoms with Crippen LogP contribution < -0.4 is 5.32 Å². The zero-order valence-corrected chi connectivity index (χ0v) is 8.97. The molecule has 1 fully saturated rings. The van der Waals surface area contributed by atoms with Crippen molar-refractivity contribution in [2.24, 2.45) is 11.3 Å². The van der Waals surface area contributed by atoms with Gasteiger partial charge in [-0.05, 0) is 30.9 Å². The lowest BCUT2D eigenvalue weighted by atomic mass is 9.63. The zero-order valence-electron chi connectivity index (χ0n) is 8.97. The topological polar surface area (TPSA) is 78.7 Å². The van der Waals surface area contributed by atoms with E-state index in [4.69, 9.17) is 5.26 Å². The average Bonchev–Trinajstić information content (AvgIpc) is 2.25. The van der Waals surface area contributed by atoms with E-state index in [2.05, 4.69) is 21.6 Å². The van der Waals surface area contributed by atoms with E-state index < -0.39 is 5.41 Å². The third-order valence-corrected chi connectivity index (χ3v) is 2.86. The van der Waals surface area contributed by atoms with Gasteiger partial charge in [0.25, 0.3) is 0 Å². The first-order valence-electron chi connectivity index (χ1n) is 5.17. The first-order valence-corrected chi connectivity index (χ1v) is 5.17. The molecule has 1 aromatic rings. The number of rotatable bonds is 2. The molecular weight excluding hydrogens is 204 g/mol. The van der Waals surface area contributed by atoms with Crippen LogP contribution in [0.5, 0.6) is 0 Å². The normalized spacial score (nSPS) is 27.6. The Balaban J connectivity index is 2.07. The van der Waals surface area contributed by atoms with Gasteiger partial charge in [0.05, 0.1) is 6.07 Å². The molecule has 0 bridgehead atoms. The van der Waals surface area contributed by atoms with Gasteiger partial charge in [0.1, 0.15) is 5.41 Å². The first kappa shape index (κ1) is 10.6. The number of anilines is 1. The maximum absolute atomic E-state index is 11.9. The van der Waals surface area contributed by atoms with Crippen LogP contribution in [0.4, 0.5) is 5.82 Å². The van der Waals surface area contributed by atoms with Gasteiger partial charge in [0, 0.05) is 6.20 Å². The second-order valence-electron chi connectivity index (χ2n) is 4.27. The monoisotopic (exact) mass is 216 g/mol. The summed E-state index contributed by atoms with van der Waals surface area (Å²) < 4.78 is 0. The lowest BCUT2D eigenvalue weighted by Gasteiger charge is -2.38. The van der Waals surface area contributed by atoms with Gasteiger partial charge in [-0.3, -0.25) is 4.79 Å². The fourth-order valence-electron chi connectivity index (χ4n) is 2.06. The van der Waals surface area contributed by atoms with E-state index in [-0.39, 0.29) is 5.91 Å². The number of hydrogen-bond donors (Lipinski definition) is 1. The van der Waals surface area contributed by atoms with E-state index in [1.54, 1.807) is 12.1 Å². The third-order valence-electron chi connectivity index (χ3n) is 2.86. The molecule has 0 atom stereocenters. The van der Waals surface area contributed by atoms with Gasteiger partial charge >= 0.3 is 0 Å². The summed E-state index contributed by atoms with van der Waals surface area (Å²) in [4.78, 5) is 11.9. The molecule has 1 N–H and O–H groups in total. The lowest BCUT2D eigenvalue weighted by Crippen LogP contribution is -2.45. The van der Waals surface area contributed by atoms with Crippen LogP contribution in [0.1, 0.15) is 19.8 Å². The van der Waals surface area contributed by atoms with Crippen molar-refractivity contribution < 1.29 is 4.79 Å². The van der Waals surface area contributed by atoms with Crippen LogP contribution in [-0.4, -0.2) is 16.1 Å². The van der Waals surface area contributed by atoms with Crippen molar-refractivity contribution in [2.45, 2.75) is 19.8 Å². The molecule has 1 aliphatic carbocycles. The van der Waals surface area contributed by atoms with E-state index in [1.807, 2.05) is 6.92 Å². The zero-order chi connectivity index (χ0) is 11.6. The Kier molecular flexibility index (Phi) is 2.57. The SMILES string of the molecule is CC1CC(C#N)(C(=O)Nc2cccnn2)C1. The molecule has 1 heterocycles. The largest absolute Gasteiger partial charge is 0.308 e. The average molecular weight is 216 g/mol. The molecule has 0 unspecified atom stereocenters. The molecular formula is C11H12N4O. The summed E-state index contributed by atoms with van der Waals surface area (Å²) >= 11 is 0. The molecule has 82 valence electrons. The molecule has 0 aliphatic heterocycles. The van der Waals surface area contributed by atoms with Crippen LogP contribution in [0, 0.1) is 22.7 Å². The lowest BCUT2D eigenvalue weighted by molar-refractivity contribution is -0.128. The van der Waals surface area contributed by atoms with E-state index in [0.29, 0.717) is 24.6 Å². The highest BCUT2D eigenvalue weighted by Gasteiger charge is 2.49. The molecule has 2 rings (SSSR count). The maximum Gasteiger partial charge on any atom is 0.246 e. The quantitative estimate of drug-likeness (QED) is 0.809. The summed E-state index contributed by atoms with van der Waals surface area (Å²) in [5, 5.41) is 19.1. The van der Waals surface area contributed by atoms with Crippen molar-refractivity contribution in [1.29, 1.82) is 5.26 Å². The Labute approximate surface area is 93.5 Å². The van der Waals surface area contributed by atoms with Gasteiger partial charge < -0.3 is 5.32 Å². The van der Waals surface area contributed by atoms with E-state index in [0.717, 1.165) is 0 Å². The summed E-state index contributed by atoms with van der Waals surface area (Å²) in [5.41, 5.74) is -0.864. The minimum absolute atomic E-state index is 0.270. The predicted molar refractivity (Wildman–Crippen MR) is 57.1 cm³/mol. The Hall–Kier alpha value is -1.96. The number of carbonyl (C=O) groups is 1. The smallest absolute Gasteiger partial charge is 0.246 e. The molecule has 1 aromatic heterocycles. The van der Waals surface area contributed by atoms with E-state index >= 15 is 0 Å². The highest BCUT2D eigenvalue weighted by molar-refractivity contribution is 5.97. The summed E-state index contributed by atoms with van der Waals surface area (Å²) in [6, 6.07) is 5.44. The van der Waals surface area contributed by atoms with Crippen molar-refractivity contribution in [3.63, 3.8) is 0 Å². The second kappa shape index (κ2) is 3.89. The minimum Gasteiger partial charge on any atom is -0.308 e. The van der Waals surface area contributed by atoms with Crippen molar-refractivity contribution >= 4 is 11.7 Å². The summed E-state index contributed by atoms with van der Waals surface area (Å²) in [6.45, 7) is 2.03. The van der Waals surface area contributed by atoms with Gasteiger partial charge in [-0.2, -0.15) is 10.4 Å². The molecule has 1 aliphatic rings. The van der Waals surface area contributed by atoms with Crippen LogP contribution in [0.25, 0.3) is 0 Å². The predicted octanol–water partition coefficient (Wildman–Crippen LogP) is 1.35. The van der Waals surface area contributed by atoms with Gasteiger partial charge in [0.2, 0.25) is 5.91 Å².